The molecule has 0 spiro atoms. The topological polar surface area (TPSA) is 51.6 Å². The molecule has 6 heteroatoms. The Bertz CT molecular complexity index is 891. The largest absolute Gasteiger partial charge is 0.232 e. The van der Waals surface area contributed by atoms with Gasteiger partial charge in [-0.1, -0.05) is 13.8 Å². The van der Waals surface area contributed by atoms with Crippen LogP contribution in [-0.4, -0.2) is 19.9 Å². The third-order valence-electron chi connectivity index (χ3n) is 3.56. The van der Waals surface area contributed by atoms with Crippen molar-refractivity contribution in [1.82, 2.24) is 19.9 Å². The zero-order valence-electron chi connectivity index (χ0n) is 12.3. The Balaban J connectivity index is 2.10. The number of rotatable bonds is 3. The van der Waals surface area contributed by atoms with Gasteiger partial charge in [-0.25, -0.2) is 19.9 Å². The molecule has 0 fully saturated rings. The molecule has 110 valence electrons. The zero-order chi connectivity index (χ0) is 15.1. The maximum Gasteiger partial charge on any atom is 0.129 e. The Kier molecular flexibility index (Phi) is 3.35. The summed E-state index contributed by atoms with van der Waals surface area (Å²) in [5.41, 5.74) is 3.91. The van der Waals surface area contributed by atoms with Crippen LogP contribution in [0.3, 0.4) is 0 Å². The molecule has 0 aromatic carbocycles. The van der Waals surface area contributed by atoms with Crippen LogP contribution < -0.4 is 0 Å². The summed E-state index contributed by atoms with van der Waals surface area (Å²) in [6, 6.07) is 4.11. The lowest BCUT2D eigenvalue weighted by Gasteiger charge is -2.07. The predicted octanol–water partition coefficient (Wildman–Crippen LogP) is 4.49. The second kappa shape index (κ2) is 5.37. The first-order chi connectivity index (χ1) is 10.8. The summed E-state index contributed by atoms with van der Waals surface area (Å²) in [6.07, 6.45) is 1.64. The fourth-order valence-electron chi connectivity index (χ4n) is 2.46. The van der Waals surface area contributed by atoms with E-state index in [4.69, 9.17) is 9.97 Å². The zero-order valence-corrected chi connectivity index (χ0v) is 14.0. The molecule has 0 unspecified atom stereocenters. The third kappa shape index (κ3) is 2.10. The number of aromatic nitrogens is 4. The smallest absolute Gasteiger partial charge is 0.129 e. The number of hydrogen-bond donors (Lipinski definition) is 0. The SMILES string of the molecule is CCc1nc(-c2nc(CC)nc3ccsc23)c2sccc2n1. The molecule has 4 rings (SSSR count). The van der Waals surface area contributed by atoms with E-state index in [0.717, 1.165) is 56.3 Å². The number of nitrogens with zero attached hydrogens (tertiary/aromatic N) is 4. The Morgan fingerprint density at radius 3 is 1.59 bits per heavy atom. The molecule has 0 atom stereocenters. The minimum Gasteiger partial charge on any atom is -0.232 e. The van der Waals surface area contributed by atoms with Crippen molar-refractivity contribution in [3.63, 3.8) is 0 Å². The second-order valence-electron chi connectivity index (χ2n) is 4.95. The van der Waals surface area contributed by atoms with E-state index in [-0.39, 0.29) is 0 Å². The van der Waals surface area contributed by atoms with E-state index in [1.807, 2.05) is 0 Å². The van der Waals surface area contributed by atoms with Crippen LogP contribution in [-0.2, 0) is 12.8 Å². The fourth-order valence-corrected chi connectivity index (χ4v) is 4.10. The molecule has 0 N–H and O–H groups in total. The molecule has 0 bridgehead atoms. The van der Waals surface area contributed by atoms with Gasteiger partial charge in [-0.2, -0.15) is 0 Å². The molecule has 22 heavy (non-hydrogen) atoms. The Morgan fingerprint density at radius 1 is 0.727 bits per heavy atom. The highest BCUT2D eigenvalue weighted by Gasteiger charge is 2.17. The maximum absolute atomic E-state index is 4.78. The van der Waals surface area contributed by atoms with Crippen molar-refractivity contribution < 1.29 is 0 Å². The van der Waals surface area contributed by atoms with Gasteiger partial charge >= 0.3 is 0 Å². The minimum atomic E-state index is 0.818. The highest BCUT2D eigenvalue weighted by atomic mass is 32.1. The highest BCUT2D eigenvalue weighted by Crippen LogP contribution is 2.35. The van der Waals surface area contributed by atoms with Gasteiger partial charge in [0.05, 0.1) is 20.4 Å². The van der Waals surface area contributed by atoms with Gasteiger partial charge in [0.25, 0.3) is 0 Å². The molecule has 0 radical (unpaired) electrons. The van der Waals surface area contributed by atoms with Crippen LogP contribution in [0.4, 0.5) is 0 Å². The average Bonchev–Trinajstić information content (AvgIpc) is 3.21. The van der Waals surface area contributed by atoms with Crippen molar-refractivity contribution in [2.45, 2.75) is 26.7 Å². The Hall–Kier alpha value is -1.92. The van der Waals surface area contributed by atoms with E-state index in [0.29, 0.717) is 0 Å². The standard InChI is InChI=1S/C16H14N4S2/c1-3-11-17-9-5-7-21-15(9)13(19-11)14-16-10(6-8-22-16)18-12(4-2)20-14/h5-8H,3-4H2,1-2H3. The van der Waals surface area contributed by atoms with Gasteiger partial charge in [0, 0.05) is 12.8 Å². The summed E-state index contributed by atoms with van der Waals surface area (Å²) >= 11 is 3.34. The summed E-state index contributed by atoms with van der Waals surface area (Å²) < 4.78 is 2.21. The van der Waals surface area contributed by atoms with Gasteiger partial charge < -0.3 is 0 Å². The van der Waals surface area contributed by atoms with Crippen LogP contribution in [0.25, 0.3) is 31.8 Å². The molecular formula is C16H14N4S2. The van der Waals surface area contributed by atoms with Crippen LogP contribution in [0.5, 0.6) is 0 Å². The van der Waals surface area contributed by atoms with Gasteiger partial charge in [-0.05, 0) is 22.9 Å². The predicted molar refractivity (Wildman–Crippen MR) is 92.6 cm³/mol. The molecule has 4 heterocycles. The van der Waals surface area contributed by atoms with Crippen LogP contribution in [0, 0.1) is 0 Å². The van der Waals surface area contributed by atoms with Crippen molar-refractivity contribution in [3.8, 4) is 11.4 Å². The van der Waals surface area contributed by atoms with E-state index in [1.54, 1.807) is 22.7 Å². The Labute approximate surface area is 135 Å². The molecule has 0 saturated heterocycles. The van der Waals surface area contributed by atoms with E-state index in [9.17, 15) is 0 Å². The van der Waals surface area contributed by atoms with Crippen LogP contribution >= 0.6 is 22.7 Å². The fraction of sp³-hybridized carbons (Fsp3) is 0.250. The van der Waals surface area contributed by atoms with Crippen molar-refractivity contribution in [2.24, 2.45) is 0 Å². The molecule has 0 amide bonds. The summed E-state index contributed by atoms with van der Waals surface area (Å²) in [6.45, 7) is 4.16. The van der Waals surface area contributed by atoms with E-state index >= 15 is 0 Å². The molecule has 0 saturated carbocycles. The number of aryl methyl sites for hydroxylation is 2. The molecule has 0 aliphatic heterocycles. The molecule has 4 aromatic rings. The number of hydrogen-bond acceptors (Lipinski definition) is 6. The monoisotopic (exact) mass is 326 g/mol. The third-order valence-corrected chi connectivity index (χ3v) is 5.38. The van der Waals surface area contributed by atoms with E-state index < -0.39 is 0 Å². The van der Waals surface area contributed by atoms with Crippen LogP contribution in [0.15, 0.2) is 22.9 Å². The van der Waals surface area contributed by atoms with Crippen molar-refractivity contribution in [1.29, 1.82) is 0 Å². The van der Waals surface area contributed by atoms with E-state index in [2.05, 4.69) is 46.7 Å². The molecule has 0 aliphatic rings. The highest BCUT2D eigenvalue weighted by molar-refractivity contribution is 7.18. The molecule has 4 aromatic heterocycles. The summed E-state index contributed by atoms with van der Waals surface area (Å²) in [5.74, 6) is 1.73. The lowest BCUT2D eigenvalue weighted by atomic mass is 10.2. The van der Waals surface area contributed by atoms with Crippen molar-refractivity contribution in [3.05, 3.63) is 34.5 Å². The van der Waals surface area contributed by atoms with Crippen LogP contribution in [0.1, 0.15) is 25.5 Å². The average molecular weight is 326 g/mol. The van der Waals surface area contributed by atoms with Gasteiger partial charge in [0.1, 0.15) is 23.0 Å². The maximum atomic E-state index is 4.78. The normalized spacial score (nSPS) is 11.5. The van der Waals surface area contributed by atoms with Gasteiger partial charge in [-0.3, -0.25) is 0 Å². The van der Waals surface area contributed by atoms with Crippen LogP contribution in [0.2, 0.25) is 0 Å². The molecular weight excluding hydrogens is 312 g/mol. The summed E-state index contributed by atoms with van der Waals surface area (Å²) in [7, 11) is 0. The van der Waals surface area contributed by atoms with Gasteiger partial charge in [-0.15, -0.1) is 22.7 Å². The van der Waals surface area contributed by atoms with Gasteiger partial charge in [0.15, 0.2) is 0 Å². The van der Waals surface area contributed by atoms with Crippen molar-refractivity contribution in [2.75, 3.05) is 0 Å². The second-order valence-corrected chi connectivity index (χ2v) is 6.79. The number of thiophene rings is 2. The minimum absolute atomic E-state index is 0.818. The lowest BCUT2D eigenvalue weighted by molar-refractivity contribution is 0.946. The van der Waals surface area contributed by atoms with Crippen molar-refractivity contribution >= 4 is 43.1 Å². The number of fused-ring (bicyclic) bond motifs is 2. The first-order valence-corrected chi connectivity index (χ1v) is 9.04. The quantitative estimate of drug-likeness (QED) is 0.557. The van der Waals surface area contributed by atoms with E-state index in [1.165, 1.54) is 0 Å². The summed E-state index contributed by atoms with van der Waals surface area (Å²) in [5, 5.41) is 4.13. The molecule has 4 nitrogen and oxygen atoms in total. The lowest BCUT2D eigenvalue weighted by Crippen LogP contribution is -2.00. The summed E-state index contributed by atoms with van der Waals surface area (Å²) in [4.78, 5) is 18.8. The molecule has 0 aliphatic carbocycles. The first kappa shape index (κ1) is 13.7. The Morgan fingerprint density at radius 2 is 1.18 bits per heavy atom. The first-order valence-electron chi connectivity index (χ1n) is 7.28. The van der Waals surface area contributed by atoms with Gasteiger partial charge in [0.2, 0.25) is 0 Å².